The fourth-order valence-electron chi connectivity index (χ4n) is 0.610. The molecule has 0 saturated heterocycles. The summed E-state index contributed by atoms with van der Waals surface area (Å²) in [6.45, 7) is 10.6. The van der Waals surface area contributed by atoms with Crippen LogP contribution >= 0.6 is 7.26 Å². The summed E-state index contributed by atoms with van der Waals surface area (Å²) in [7, 11) is -0.802. The van der Waals surface area contributed by atoms with E-state index in [1.807, 2.05) is 0 Å². The quantitative estimate of drug-likeness (QED) is 0.364. The first kappa shape index (κ1) is 15.6. The Morgan fingerprint density at radius 2 is 2.08 bits per heavy atom. The average molecular weight is 269 g/mol. The summed E-state index contributed by atoms with van der Waals surface area (Å²) in [6.07, 6.45) is 3.43. The molecule has 0 aromatic heterocycles. The topological polar surface area (TPSA) is 26.3 Å². The summed E-state index contributed by atoms with van der Waals surface area (Å²) in [5.41, 5.74) is 0. The van der Waals surface area contributed by atoms with E-state index in [2.05, 4.69) is 26.8 Å². The molecule has 0 aromatic rings. The first-order valence-corrected chi connectivity index (χ1v) is 7.18. The van der Waals surface area contributed by atoms with E-state index < -0.39 is 7.26 Å². The zero-order valence-electron chi connectivity index (χ0n) is 8.55. The summed E-state index contributed by atoms with van der Waals surface area (Å²) in [4.78, 5) is 10.7. The molecule has 0 aromatic carbocycles. The van der Waals surface area contributed by atoms with Gasteiger partial charge in [-0.3, -0.25) is 0 Å². The first-order valence-electron chi connectivity index (χ1n) is 4.13. The molecule has 0 heterocycles. The number of hydrogen-bond donors (Lipinski definition) is 0. The molecule has 2 nitrogen and oxygen atoms in total. The molecular weight excluding hydrogens is 251 g/mol. The monoisotopic (exact) mass is 268 g/mol. The molecule has 0 aliphatic heterocycles. The predicted molar refractivity (Wildman–Crippen MR) is 55.3 cm³/mol. The van der Waals surface area contributed by atoms with Crippen LogP contribution in [0.15, 0.2) is 12.7 Å². The van der Waals surface area contributed by atoms with Crippen molar-refractivity contribution < 1.29 is 26.5 Å². The SMILES string of the molecule is C=CC(=O)OCC[P+](C)(C)CC.[Br-]. The van der Waals surface area contributed by atoms with Crippen molar-refractivity contribution in [2.24, 2.45) is 0 Å². The number of esters is 1. The Kier molecular flexibility index (Phi) is 9.01. The van der Waals surface area contributed by atoms with Crippen molar-refractivity contribution in [3.63, 3.8) is 0 Å². The van der Waals surface area contributed by atoms with Crippen molar-refractivity contribution >= 4 is 13.2 Å². The van der Waals surface area contributed by atoms with E-state index in [0.29, 0.717) is 6.61 Å². The average Bonchev–Trinajstić information content (AvgIpc) is 2.04. The van der Waals surface area contributed by atoms with Crippen LogP contribution in [0.25, 0.3) is 0 Å². The third-order valence-electron chi connectivity index (χ3n) is 1.96. The van der Waals surface area contributed by atoms with Crippen LogP contribution in [0.5, 0.6) is 0 Å². The summed E-state index contributed by atoms with van der Waals surface area (Å²) in [5.74, 6) is -0.314. The van der Waals surface area contributed by atoms with Crippen molar-refractivity contribution in [1.82, 2.24) is 0 Å². The van der Waals surface area contributed by atoms with Gasteiger partial charge in [-0.2, -0.15) is 0 Å². The maximum absolute atomic E-state index is 10.7. The van der Waals surface area contributed by atoms with Gasteiger partial charge in [0.25, 0.3) is 0 Å². The van der Waals surface area contributed by atoms with Crippen molar-refractivity contribution in [3.05, 3.63) is 12.7 Å². The van der Waals surface area contributed by atoms with Crippen LogP contribution in [0.4, 0.5) is 0 Å². The Morgan fingerprint density at radius 3 is 2.46 bits per heavy atom. The lowest BCUT2D eigenvalue weighted by molar-refractivity contribution is -0.137. The lowest BCUT2D eigenvalue weighted by Gasteiger charge is -2.14. The van der Waals surface area contributed by atoms with E-state index >= 15 is 0 Å². The number of carbonyl (C=O) groups excluding carboxylic acids is 1. The van der Waals surface area contributed by atoms with Gasteiger partial charge in [0.05, 0.1) is 12.3 Å². The fourth-order valence-corrected chi connectivity index (χ4v) is 1.51. The predicted octanol–water partition coefficient (Wildman–Crippen LogP) is -0.983. The molecule has 0 saturated carbocycles. The molecule has 0 aliphatic rings. The zero-order valence-corrected chi connectivity index (χ0v) is 11.0. The van der Waals surface area contributed by atoms with Crippen LogP contribution < -0.4 is 17.0 Å². The molecule has 0 spiro atoms. The zero-order chi connectivity index (χ0) is 9.61. The lowest BCUT2D eigenvalue weighted by atomic mass is 10.6. The maximum Gasteiger partial charge on any atom is 0.330 e. The third kappa shape index (κ3) is 8.45. The molecule has 0 rings (SSSR count). The normalized spacial score (nSPS) is 10.1. The van der Waals surface area contributed by atoms with Crippen molar-refractivity contribution in [1.29, 1.82) is 0 Å². The Hall–Kier alpha value is 0.120. The largest absolute Gasteiger partial charge is 1.00 e. The van der Waals surface area contributed by atoms with E-state index in [-0.39, 0.29) is 23.0 Å². The molecule has 78 valence electrons. The smallest absolute Gasteiger partial charge is 0.330 e. The van der Waals surface area contributed by atoms with E-state index in [1.54, 1.807) is 0 Å². The van der Waals surface area contributed by atoms with Crippen molar-refractivity contribution in [3.8, 4) is 0 Å². The first-order chi connectivity index (χ1) is 5.52. The van der Waals surface area contributed by atoms with Gasteiger partial charge in [0.15, 0.2) is 0 Å². The summed E-state index contributed by atoms with van der Waals surface area (Å²) >= 11 is 0. The fraction of sp³-hybridized carbons (Fsp3) is 0.667. The van der Waals surface area contributed by atoms with Crippen molar-refractivity contribution in [2.45, 2.75) is 6.92 Å². The van der Waals surface area contributed by atoms with E-state index in [9.17, 15) is 4.79 Å². The van der Waals surface area contributed by atoms with E-state index in [4.69, 9.17) is 4.74 Å². The van der Waals surface area contributed by atoms with E-state index in [1.165, 1.54) is 12.2 Å². The summed E-state index contributed by atoms with van der Waals surface area (Å²) in [6, 6.07) is 0. The molecule has 0 aliphatic carbocycles. The molecule has 0 N–H and O–H groups in total. The number of carbonyl (C=O) groups is 1. The second-order valence-corrected chi connectivity index (χ2v) is 8.30. The van der Waals surface area contributed by atoms with Crippen LogP contribution in [0.1, 0.15) is 6.92 Å². The number of ether oxygens (including phenoxy) is 1. The molecular formula is C9H18BrO2P. The number of rotatable bonds is 5. The van der Waals surface area contributed by atoms with Gasteiger partial charge in [0, 0.05) is 26.7 Å². The van der Waals surface area contributed by atoms with Gasteiger partial charge in [0.2, 0.25) is 0 Å². The van der Waals surface area contributed by atoms with Crippen LogP contribution in [0.2, 0.25) is 0 Å². The molecule has 0 radical (unpaired) electrons. The molecule has 0 unspecified atom stereocenters. The summed E-state index contributed by atoms with van der Waals surface area (Å²) < 4.78 is 4.90. The number of hydrogen-bond acceptors (Lipinski definition) is 2. The highest BCUT2D eigenvalue weighted by molar-refractivity contribution is 7.74. The molecule has 4 heteroatoms. The van der Waals surface area contributed by atoms with Gasteiger partial charge in [0.1, 0.15) is 6.61 Å². The highest BCUT2D eigenvalue weighted by Crippen LogP contribution is 2.49. The van der Waals surface area contributed by atoms with Gasteiger partial charge in [-0.1, -0.05) is 6.58 Å². The van der Waals surface area contributed by atoms with Gasteiger partial charge in [-0.15, -0.1) is 0 Å². The van der Waals surface area contributed by atoms with Gasteiger partial charge < -0.3 is 21.7 Å². The second-order valence-electron chi connectivity index (χ2n) is 3.35. The van der Waals surface area contributed by atoms with Crippen molar-refractivity contribution in [2.75, 3.05) is 32.3 Å². The lowest BCUT2D eigenvalue weighted by Crippen LogP contribution is -3.00. The van der Waals surface area contributed by atoms with Crippen LogP contribution in [-0.4, -0.2) is 38.2 Å². The highest BCUT2D eigenvalue weighted by Gasteiger charge is 2.21. The standard InChI is InChI=1S/C9H18O2P.BrH/c1-5-9(10)11-7-8-12(3,4)6-2;/h5H,1,6-8H2,2-4H3;1H/q+1;/p-1. The second kappa shape index (κ2) is 7.52. The molecule has 0 fully saturated rings. The summed E-state index contributed by atoms with van der Waals surface area (Å²) in [5, 5.41) is 0. The minimum atomic E-state index is -0.802. The Balaban J connectivity index is 0. The Morgan fingerprint density at radius 1 is 1.54 bits per heavy atom. The van der Waals surface area contributed by atoms with Gasteiger partial charge >= 0.3 is 5.97 Å². The van der Waals surface area contributed by atoms with Crippen LogP contribution in [0, 0.1) is 0 Å². The molecule has 0 bridgehead atoms. The maximum atomic E-state index is 10.7. The third-order valence-corrected chi connectivity index (χ3v) is 5.07. The van der Waals surface area contributed by atoms with Crippen LogP contribution in [-0.2, 0) is 9.53 Å². The van der Waals surface area contributed by atoms with Crippen LogP contribution in [0.3, 0.4) is 0 Å². The Bertz CT molecular complexity index is 169. The van der Waals surface area contributed by atoms with Gasteiger partial charge in [-0.25, -0.2) is 4.79 Å². The molecule has 0 amide bonds. The van der Waals surface area contributed by atoms with E-state index in [0.717, 1.165) is 6.16 Å². The minimum absolute atomic E-state index is 0. The Labute approximate surface area is 91.8 Å². The highest BCUT2D eigenvalue weighted by atomic mass is 79.9. The molecule has 0 atom stereocenters. The van der Waals surface area contributed by atoms with Gasteiger partial charge in [-0.05, 0) is 6.92 Å². The minimum Gasteiger partial charge on any atom is -1.00 e. The number of halogens is 1. The molecule has 13 heavy (non-hydrogen) atoms.